The molecule has 0 aromatic carbocycles. The van der Waals surface area contributed by atoms with E-state index in [1.54, 1.807) is 6.92 Å². The maximum Gasteiger partial charge on any atom is 0.333 e. The fourth-order valence-electron chi connectivity index (χ4n) is 3.33. The predicted octanol–water partition coefficient (Wildman–Crippen LogP) is 7.61. The summed E-state index contributed by atoms with van der Waals surface area (Å²) in [6, 6.07) is 0. The molecule has 0 radical (unpaired) electrons. The zero-order valence-corrected chi connectivity index (χ0v) is 17.4. The third-order valence-electron chi connectivity index (χ3n) is 5.02. The van der Waals surface area contributed by atoms with E-state index < -0.39 is 0 Å². The minimum absolute atomic E-state index is 0.251. The van der Waals surface area contributed by atoms with Crippen LogP contribution in [0.15, 0.2) is 12.2 Å². The number of hydrogen-bond acceptors (Lipinski definition) is 2. The summed E-state index contributed by atoms with van der Waals surface area (Å²) < 4.78 is 5.14. The van der Waals surface area contributed by atoms with E-state index in [4.69, 9.17) is 4.74 Å². The third kappa shape index (κ3) is 16.4. The maximum atomic E-state index is 11.3. The van der Waals surface area contributed by atoms with E-state index in [9.17, 15) is 4.79 Å². The first-order chi connectivity index (χ1) is 12.1. The van der Waals surface area contributed by atoms with Crippen LogP contribution < -0.4 is 0 Å². The van der Waals surface area contributed by atoms with Gasteiger partial charge in [-0.05, 0) is 19.3 Å². The van der Waals surface area contributed by atoms with Crippen molar-refractivity contribution in [2.24, 2.45) is 5.92 Å². The fraction of sp³-hybridized carbons (Fsp3) is 0.870. The van der Waals surface area contributed by atoms with E-state index in [2.05, 4.69) is 20.4 Å². The highest BCUT2D eigenvalue weighted by Crippen LogP contribution is 2.24. The Hall–Kier alpha value is -0.790. The van der Waals surface area contributed by atoms with Crippen molar-refractivity contribution >= 4 is 5.97 Å². The van der Waals surface area contributed by atoms with Crippen LogP contribution in [0.5, 0.6) is 0 Å². The number of hydrogen-bond donors (Lipinski definition) is 0. The largest absolute Gasteiger partial charge is 0.462 e. The van der Waals surface area contributed by atoms with Gasteiger partial charge < -0.3 is 4.74 Å². The molecule has 0 bridgehead atoms. The molecule has 0 rings (SSSR count). The van der Waals surface area contributed by atoms with Crippen molar-refractivity contribution in [3.63, 3.8) is 0 Å². The molecule has 0 saturated heterocycles. The van der Waals surface area contributed by atoms with Crippen LogP contribution in [0.4, 0.5) is 0 Å². The molecule has 0 unspecified atom stereocenters. The summed E-state index contributed by atoms with van der Waals surface area (Å²) in [7, 11) is 0. The molecule has 25 heavy (non-hydrogen) atoms. The smallest absolute Gasteiger partial charge is 0.333 e. The van der Waals surface area contributed by atoms with Gasteiger partial charge >= 0.3 is 5.97 Å². The van der Waals surface area contributed by atoms with Gasteiger partial charge in [0.05, 0.1) is 6.61 Å². The Morgan fingerprint density at radius 2 is 1.20 bits per heavy atom. The normalized spacial score (nSPS) is 11.0. The molecule has 2 heteroatoms. The molecule has 0 atom stereocenters. The molecule has 0 spiro atoms. The first-order valence-corrected chi connectivity index (χ1v) is 10.9. The Labute approximate surface area is 157 Å². The lowest BCUT2D eigenvalue weighted by atomic mass is 9.90. The van der Waals surface area contributed by atoms with Gasteiger partial charge in [-0.15, -0.1) is 0 Å². The highest BCUT2D eigenvalue weighted by molar-refractivity contribution is 5.86. The van der Waals surface area contributed by atoms with Crippen LogP contribution in [-0.4, -0.2) is 12.6 Å². The molecule has 0 aliphatic carbocycles. The van der Waals surface area contributed by atoms with Crippen molar-refractivity contribution < 1.29 is 9.53 Å². The van der Waals surface area contributed by atoms with Crippen LogP contribution >= 0.6 is 0 Å². The van der Waals surface area contributed by atoms with Crippen molar-refractivity contribution in [1.29, 1.82) is 0 Å². The lowest BCUT2D eigenvalue weighted by Gasteiger charge is -2.17. The van der Waals surface area contributed by atoms with Crippen LogP contribution in [-0.2, 0) is 9.53 Å². The molecule has 0 fully saturated rings. The summed E-state index contributed by atoms with van der Waals surface area (Å²) in [5, 5.41) is 0. The van der Waals surface area contributed by atoms with Crippen LogP contribution in [0, 0.1) is 5.92 Å². The first-order valence-electron chi connectivity index (χ1n) is 10.9. The molecule has 0 amide bonds. The Balaban J connectivity index is 3.76. The average Bonchev–Trinajstić information content (AvgIpc) is 2.60. The van der Waals surface area contributed by atoms with Crippen LogP contribution in [0.3, 0.4) is 0 Å². The summed E-state index contributed by atoms with van der Waals surface area (Å²) in [6.07, 6.45) is 20.1. The van der Waals surface area contributed by atoms with Crippen LogP contribution in [0.1, 0.15) is 117 Å². The van der Waals surface area contributed by atoms with E-state index in [0.717, 1.165) is 12.3 Å². The SMILES string of the molecule is C=C(C)C(=O)OCCCCCCC(CCCCCC)CCCCCC. The molecular weight excluding hydrogens is 308 g/mol. The Bertz CT molecular complexity index is 310. The van der Waals surface area contributed by atoms with Crippen LogP contribution in [0.2, 0.25) is 0 Å². The van der Waals surface area contributed by atoms with Crippen molar-refractivity contribution in [1.82, 2.24) is 0 Å². The zero-order chi connectivity index (χ0) is 18.8. The fourth-order valence-corrected chi connectivity index (χ4v) is 3.33. The molecule has 0 aromatic rings. The van der Waals surface area contributed by atoms with Gasteiger partial charge in [-0.2, -0.15) is 0 Å². The second kappa shape index (κ2) is 18.0. The standard InChI is InChI=1S/C23H44O2/c1-5-7-9-13-17-22(18-14-10-8-6-2)19-15-11-12-16-20-25-23(24)21(3)4/h22H,3,5-20H2,1-2,4H3. The van der Waals surface area contributed by atoms with Gasteiger partial charge in [0.25, 0.3) is 0 Å². The molecular formula is C23H44O2. The quantitative estimate of drug-likeness (QED) is 0.144. The summed E-state index contributed by atoms with van der Waals surface area (Å²) in [6.45, 7) is 10.4. The molecule has 0 aliphatic rings. The second-order valence-electron chi connectivity index (χ2n) is 7.68. The Kier molecular flexibility index (Phi) is 17.4. The number of esters is 1. The van der Waals surface area contributed by atoms with E-state index in [-0.39, 0.29) is 5.97 Å². The minimum atomic E-state index is -0.251. The molecule has 148 valence electrons. The average molecular weight is 353 g/mol. The minimum Gasteiger partial charge on any atom is -0.462 e. The van der Waals surface area contributed by atoms with E-state index in [0.29, 0.717) is 12.2 Å². The molecule has 0 aromatic heterocycles. The van der Waals surface area contributed by atoms with Gasteiger partial charge in [0, 0.05) is 5.57 Å². The number of unbranched alkanes of at least 4 members (excludes halogenated alkanes) is 9. The highest BCUT2D eigenvalue weighted by atomic mass is 16.5. The molecule has 0 aliphatic heterocycles. The van der Waals surface area contributed by atoms with Crippen molar-refractivity contribution in [3.05, 3.63) is 12.2 Å². The lowest BCUT2D eigenvalue weighted by molar-refractivity contribution is -0.139. The number of ether oxygens (including phenoxy) is 1. The van der Waals surface area contributed by atoms with Crippen molar-refractivity contribution in [3.8, 4) is 0 Å². The maximum absolute atomic E-state index is 11.3. The van der Waals surface area contributed by atoms with E-state index >= 15 is 0 Å². The lowest BCUT2D eigenvalue weighted by Crippen LogP contribution is -2.06. The van der Waals surface area contributed by atoms with Gasteiger partial charge in [0.1, 0.15) is 0 Å². The predicted molar refractivity (Wildman–Crippen MR) is 110 cm³/mol. The zero-order valence-electron chi connectivity index (χ0n) is 17.4. The van der Waals surface area contributed by atoms with Gasteiger partial charge in [0.15, 0.2) is 0 Å². The third-order valence-corrected chi connectivity index (χ3v) is 5.02. The summed E-state index contributed by atoms with van der Waals surface area (Å²) in [4.78, 5) is 11.3. The van der Waals surface area contributed by atoms with Gasteiger partial charge in [-0.3, -0.25) is 0 Å². The highest BCUT2D eigenvalue weighted by Gasteiger charge is 2.08. The molecule has 0 N–H and O–H groups in total. The van der Waals surface area contributed by atoms with Crippen molar-refractivity contribution in [2.75, 3.05) is 6.61 Å². The summed E-state index contributed by atoms with van der Waals surface area (Å²) in [5.41, 5.74) is 0.494. The van der Waals surface area contributed by atoms with Gasteiger partial charge in [-0.1, -0.05) is 110 Å². The molecule has 0 saturated carbocycles. The first kappa shape index (κ1) is 24.2. The monoisotopic (exact) mass is 352 g/mol. The molecule has 0 heterocycles. The van der Waals surface area contributed by atoms with Gasteiger partial charge in [0.2, 0.25) is 0 Å². The van der Waals surface area contributed by atoms with Gasteiger partial charge in [-0.25, -0.2) is 4.79 Å². The summed E-state index contributed by atoms with van der Waals surface area (Å²) in [5.74, 6) is 0.689. The topological polar surface area (TPSA) is 26.3 Å². The van der Waals surface area contributed by atoms with Crippen LogP contribution in [0.25, 0.3) is 0 Å². The Morgan fingerprint density at radius 3 is 1.64 bits per heavy atom. The van der Waals surface area contributed by atoms with E-state index in [1.165, 1.54) is 89.9 Å². The number of carbonyl (C=O) groups is 1. The summed E-state index contributed by atoms with van der Waals surface area (Å²) >= 11 is 0. The Morgan fingerprint density at radius 1 is 0.760 bits per heavy atom. The number of rotatable bonds is 18. The van der Waals surface area contributed by atoms with E-state index in [1.807, 2.05) is 0 Å². The second-order valence-corrected chi connectivity index (χ2v) is 7.68. The van der Waals surface area contributed by atoms with Crippen molar-refractivity contribution in [2.45, 2.75) is 117 Å². The number of carbonyl (C=O) groups excluding carboxylic acids is 1. The molecule has 2 nitrogen and oxygen atoms in total.